The molecule has 0 unspecified atom stereocenters. The van der Waals surface area contributed by atoms with Crippen LogP contribution in [0.2, 0.25) is 18.1 Å². The molecule has 0 saturated heterocycles. The lowest BCUT2D eigenvalue weighted by molar-refractivity contribution is 0.661. The second kappa shape index (κ2) is 14.3. The Labute approximate surface area is 332 Å². The Morgan fingerprint density at radius 2 is 0.839 bits per heavy atom. The first kappa shape index (κ1) is 35.7. The molecular weight excluding hydrogens is 695 g/mol. The zero-order valence-electron chi connectivity index (χ0n) is 33.0. The molecule has 0 spiro atoms. The van der Waals surface area contributed by atoms with Crippen LogP contribution >= 0.6 is 0 Å². The molecule has 0 atom stereocenters. The summed E-state index contributed by atoms with van der Waals surface area (Å²) in [6.07, 6.45) is 0. The number of aromatic nitrogens is 3. The van der Waals surface area contributed by atoms with Crippen molar-refractivity contribution in [2.75, 3.05) is 0 Å². The molecule has 3 nitrogen and oxygen atoms in total. The average molecular weight is 742 g/mol. The van der Waals surface area contributed by atoms with E-state index in [1.54, 1.807) is 5.19 Å². The second-order valence-electron chi connectivity index (χ2n) is 15.8. The van der Waals surface area contributed by atoms with Crippen molar-refractivity contribution in [3.05, 3.63) is 169 Å². The van der Waals surface area contributed by atoms with E-state index in [-0.39, 0.29) is 5.41 Å². The summed E-state index contributed by atoms with van der Waals surface area (Å²) in [5.41, 5.74) is 13.1. The predicted octanol–water partition coefficient (Wildman–Crippen LogP) is 13.4. The van der Waals surface area contributed by atoms with Crippen LogP contribution < -0.4 is 5.19 Å². The fraction of sp³-hybridized carbons (Fsp3) is 0.173. The zero-order valence-corrected chi connectivity index (χ0v) is 34.0. The van der Waals surface area contributed by atoms with E-state index in [1.165, 1.54) is 67.8 Å². The van der Waals surface area contributed by atoms with Crippen molar-refractivity contribution in [3.63, 3.8) is 0 Å². The molecule has 0 radical (unpaired) electrons. The summed E-state index contributed by atoms with van der Waals surface area (Å²) >= 11 is 0. The first-order valence-corrected chi connectivity index (χ1v) is 22.8. The van der Waals surface area contributed by atoms with Gasteiger partial charge in [-0.3, -0.25) is 0 Å². The molecule has 9 rings (SSSR count). The lowest BCUT2D eigenvalue weighted by atomic mass is 9.80. The van der Waals surface area contributed by atoms with Gasteiger partial charge in [-0.15, -0.1) is 0 Å². The smallest absolute Gasteiger partial charge is 0.164 e. The number of rotatable bonds is 9. The van der Waals surface area contributed by atoms with E-state index in [1.807, 2.05) is 60.7 Å². The molecule has 0 aliphatic heterocycles. The molecule has 1 heterocycles. The molecule has 0 amide bonds. The number of hydrogen-bond donors (Lipinski definition) is 0. The highest BCUT2D eigenvalue weighted by Crippen LogP contribution is 2.51. The second-order valence-corrected chi connectivity index (χ2v) is 21.0. The molecule has 0 saturated carbocycles. The molecule has 8 aromatic rings. The van der Waals surface area contributed by atoms with Crippen LogP contribution in [0.5, 0.6) is 0 Å². The van der Waals surface area contributed by atoms with Crippen LogP contribution in [-0.4, -0.2) is 23.0 Å². The van der Waals surface area contributed by atoms with Crippen LogP contribution in [0.3, 0.4) is 0 Å². The lowest BCUT2D eigenvalue weighted by Gasteiger charge is -2.30. The third kappa shape index (κ3) is 6.00. The highest BCUT2D eigenvalue weighted by molar-refractivity contribution is 6.93. The molecule has 56 heavy (non-hydrogen) atoms. The van der Waals surface area contributed by atoms with Crippen LogP contribution in [0.1, 0.15) is 45.7 Å². The number of nitrogens with zero attached hydrogens (tertiary/aromatic N) is 3. The first-order chi connectivity index (χ1) is 27.3. The summed E-state index contributed by atoms with van der Waals surface area (Å²) in [7, 11) is -1.56. The van der Waals surface area contributed by atoms with Crippen LogP contribution in [0.15, 0.2) is 158 Å². The van der Waals surface area contributed by atoms with Gasteiger partial charge in [-0.05, 0) is 73.5 Å². The topological polar surface area (TPSA) is 38.7 Å². The van der Waals surface area contributed by atoms with E-state index in [9.17, 15) is 0 Å². The molecular formula is C52H47N3Si. The zero-order chi connectivity index (χ0) is 38.4. The quantitative estimate of drug-likeness (QED) is 0.138. The molecule has 1 aliphatic carbocycles. The fourth-order valence-electron chi connectivity index (χ4n) is 9.19. The highest BCUT2D eigenvalue weighted by atomic mass is 28.3. The van der Waals surface area contributed by atoms with E-state index in [0.717, 1.165) is 22.3 Å². The van der Waals surface area contributed by atoms with Crippen molar-refractivity contribution in [1.82, 2.24) is 15.0 Å². The minimum Gasteiger partial charge on any atom is -0.208 e. The first-order valence-electron chi connectivity index (χ1n) is 20.1. The van der Waals surface area contributed by atoms with Crippen LogP contribution in [-0.2, 0) is 5.41 Å². The average Bonchev–Trinajstić information content (AvgIpc) is 3.49. The van der Waals surface area contributed by atoms with E-state index in [0.29, 0.717) is 17.5 Å². The Morgan fingerprint density at radius 3 is 1.43 bits per heavy atom. The van der Waals surface area contributed by atoms with Crippen LogP contribution in [0, 0.1) is 0 Å². The van der Waals surface area contributed by atoms with E-state index < -0.39 is 8.07 Å². The molecule has 0 N–H and O–H groups in total. The summed E-state index contributed by atoms with van der Waals surface area (Å²) in [5, 5.41) is 4.44. The van der Waals surface area contributed by atoms with Gasteiger partial charge in [0.2, 0.25) is 0 Å². The summed E-state index contributed by atoms with van der Waals surface area (Å²) in [6.45, 7) is 12.0. The van der Waals surface area contributed by atoms with Crippen molar-refractivity contribution in [2.24, 2.45) is 0 Å². The van der Waals surface area contributed by atoms with Gasteiger partial charge in [-0.1, -0.05) is 197 Å². The Bertz CT molecular complexity index is 2670. The fourth-order valence-corrected chi connectivity index (χ4v) is 13.1. The standard InChI is InChI=1S/C52H47N3Si/c1-6-56(7-2,8-3)48-31-30-41(42-24-15-16-25-45(42)48)39-27-29-44-43-28-26-38(33-46(43)52(4,5)47(44)34-39)37-22-17-23-40(32-37)51-54-49(35-18-11-9-12-19-35)53-50(55-51)36-20-13-10-14-21-36/h9-34H,6-8H2,1-5H3. The Balaban J connectivity index is 1.09. The van der Waals surface area contributed by atoms with Crippen molar-refractivity contribution in [3.8, 4) is 67.5 Å². The van der Waals surface area contributed by atoms with Crippen molar-refractivity contribution in [2.45, 2.75) is 58.2 Å². The van der Waals surface area contributed by atoms with Gasteiger partial charge in [-0.25, -0.2) is 15.0 Å². The van der Waals surface area contributed by atoms with E-state index in [4.69, 9.17) is 15.0 Å². The van der Waals surface area contributed by atoms with Gasteiger partial charge in [-0.2, -0.15) is 0 Å². The Morgan fingerprint density at radius 1 is 0.393 bits per heavy atom. The van der Waals surface area contributed by atoms with Gasteiger partial charge < -0.3 is 0 Å². The molecule has 274 valence electrons. The SMILES string of the molecule is CC[Si](CC)(CC)c1ccc(-c2ccc3c(c2)C(C)(C)c2cc(-c4cccc(-c5nc(-c6ccccc6)nc(-c6ccccc6)n5)c4)ccc2-3)c2ccccc12. The van der Waals surface area contributed by atoms with Crippen molar-refractivity contribution < 1.29 is 0 Å². The van der Waals surface area contributed by atoms with Crippen molar-refractivity contribution >= 4 is 24.0 Å². The normalized spacial score (nSPS) is 13.1. The monoisotopic (exact) mass is 741 g/mol. The third-order valence-corrected chi connectivity index (χ3v) is 18.3. The maximum atomic E-state index is 5.00. The molecule has 1 aromatic heterocycles. The molecule has 7 aromatic carbocycles. The van der Waals surface area contributed by atoms with Crippen LogP contribution in [0.25, 0.3) is 78.3 Å². The lowest BCUT2D eigenvalue weighted by Crippen LogP contribution is -2.46. The minimum atomic E-state index is -1.56. The predicted molar refractivity (Wildman–Crippen MR) is 239 cm³/mol. The minimum absolute atomic E-state index is 0.165. The largest absolute Gasteiger partial charge is 0.208 e. The number of benzene rings is 7. The summed E-state index contributed by atoms with van der Waals surface area (Å²) in [4.78, 5) is 14.9. The number of hydrogen-bond acceptors (Lipinski definition) is 3. The van der Waals surface area contributed by atoms with Gasteiger partial charge in [0.05, 0.1) is 8.07 Å². The van der Waals surface area contributed by atoms with E-state index in [2.05, 4.69) is 132 Å². The Hall–Kier alpha value is -5.97. The van der Waals surface area contributed by atoms with Crippen molar-refractivity contribution in [1.29, 1.82) is 0 Å². The summed E-state index contributed by atoms with van der Waals surface area (Å²) in [5.74, 6) is 1.99. The Kier molecular flexibility index (Phi) is 9.10. The number of fused-ring (bicyclic) bond motifs is 4. The van der Waals surface area contributed by atoms with Gasteiger partial charge >= 0.3 is 0 Å². The third-order valence-electron chi connectivity index (χ3n) is 12.7. The maximum absolute atomic E-state index is 5.00. The van der Waals surface area contributed by atoms with Gasteiger partial charge in [0.25, 0.3) is 0 Å². The van der Waals surface area contributed by atoms with Gasteiger partial charge in [0.15, 0.2) is 17.5 Å². The molecule has 0 bridgehead atoms. The highest BCUT2D eigenvalue weighted by Gasteiger charge is 2.36. The van der Waals surface area contributed by atoms with Crippen LogP contribution in [0.4, 0.5) is 0 Å². The molecule has 1 aliphatic rings. The van der Waals surface area contributed by atoms with Gasteiger partial charge in [0, 0.05) is 22.1 Å². The molecule has 4 heteroatoms. The van der Waals surface area contributed by atoms with E-state index >= 15 is 0 Å². The summed E-state index contributed by atoms with van der Waals surface area (Å²) in [6, 6.07) is 61.0. The maximum Gasteiger partial charge on any atom is 0.164 e. The molecule has 0 fully saturated rings. The van der Waals surface area contributed by atoms with Gasteiger partial charge in [0.1, 0.15) is 0 Å². The summed E-state index contributed by atoms with van der Waals surface area (Å²) < 4.78 is 0.